The fourth-order valence-electron chi connectivity index (χ4n) is 1.17. The minimum Gasteiger partial charge on any atom is -0.477 e. The molecule has 1 N–H and O–H groups in total. The van der Waals surface area contributed by atoms with Gasteiger partial charge in [-0.2, -0.15) is 0 Å². The molecule has 0 atom stereocenters. The van der Waals surface area contributed by atoms with Gasteiger partial charge in [0, 0.05) is 16.2 Å². The minimum atomic E-state index is -0.0582. The zero-order valence-corrected chi connectivity index (χ0v) is 11.5. The number of hydrogen-bond acceptors (Lipinski definition) is 3. The molecular formula is C12H18BrNO2. The van der Waals surface area contributed by atoms with E-state index in [2.05, 4.69) is 41.7 Å². The van der Waals surface area contributed by atoms with Crippen molar-refractivity contribution in [1.29, 1.82) is 0 Å². The summed E-state index contributed by atoms with van der Waals surface area (Å²) < 4.78 is 6.41. The van der Waals surface area contributed by atoms with Gasteiger partial charge >= 0.3 is 0 Å². The van der Waals surface area contributed by atoms with E-state index >= 15 is 0 Å². The summed E-state index contributed by atoms with van der Waals surface area (Å²) in [6.45, 7) is 7.05. The molecule has 0 bridgehead atoms. The van der Waals surface area contributed by atoms with E-state index in [-0.39, 0.29) is 12.0 Å². The second-order valence-corrected chi connectivity index (χ2v) is 5.85. The maximum atomic E-state index is 9.16. The average Bonchev–Trinajstić information content (AvgIpc) is 2.18. The van der Waals surface area contributed by atoms with Gasteiger partial charge in [0.15, 0.2) is 0 Å². The highest BCUT2D eigenvalue weighted by molar-refractivity contribution is 9.10. The molecule has 0 aliphatic rings. The van der Waals surface area contributed by atoms with Crippen LogP contribution in [-0.2, 0) is 6.61 Å². The van der Waals surface area contributed by atoms with Gasteiger partial charge in [-0.25, -0.2) is 4.98 Å². The van der Waals surface area contributed by atoms with Crippen LogP contribution in [0.25, 0.3) is 0 Å². The minimum absolute atomic E-state index is 0.0582. The van der Waals surface area contributed by atoms with Crippen LogP contribution in [0.3, 0.4) is 0 Å². The Morgan fingerprint density at radius 2 is 2.12 bits per heavy atom. The summed E-state index contributed by atoms with van der Waals surface area (Å²) in [6.07, 6.45) is 2.63. The van der Waals surface area contributed by atoms with Crippen LogP contribution in [0, 0.1) is 5.41 Å². The fourth-order valence-corrected chi connectivity index (χ4v) is 1.54. The molecule has 90 valence electrons. The fraction of sp³-hybridized carbons (Fsp3) is 0.583. The highest BCUT2D eigenvalue weighted by Crippen LogP contribution is 2.22. The Hall–Kier alpha value is -0.610. The third-order valence-corrected chi connectivity index (χ3v) is 2.59. The quantitative estimate of drug-likeness (QED) is 0.925. The summed E-state index contributed by atoms with van der Waals surface area (Å²) in [5, 5.41) is 9.16. The van der Waals surface area contributed by atoms with Crippen molar-refractivity contribution in [1.82, 2.24) is 4.98 Å². The number of ether oxygens (including phenoxy) is 1. The third-order valence-electron chi connectivity index (χ3n) is 2.15. The third kappa shape index (κ3) is 4.49. The van der Waals surface area contributed by atoms with E-state index in [1.807, 2.05) is 6.07 Å². The van der Waals surface area contributed by atoms with Crippen molar-refractivity contribution in [3.63, 3.8) is 0 Å². The van der Waals surface area contributed by atoms with E-state index in [1.54, 1.807) is 6.20 Å². The van der Waals surface area contributed by atoms with E-state index in [0.717, 1.165) is 10.9 Å². The molecule has 0 aliphatic carbocycles. The lowest BCUT2D eigenvalue weighted by Gasteiger charge is -2.18. The molecule has 0 radical (unpaired) electrons. The zero-order valence-electron chi connectivity index (χ0n) is 9.96. The number of rotatable bonds is 4. The molecule has 0 saturated carbocycles. The number of nitrogens with zero attached hydrogens (tertiary/aromatic N) is 1. The SMILES string of the molecule is CC(C)(C)CCOc1ncc(Br)cc1CO. The monoisotopic (exact) mass is 287 g/mol. The predicted octanol–water partition coefficient (Wildman–Crippen LogP) is 3.15. The standard InChI is InChI=1S/C12H18BrNO2/c1-12(2,3)4-5-16-11-9(8-15)6-10(13)7-14-11/h6-7,15H,4-5,8H2,1-3H3. The van der Waals surface area contributed by atoms with Gasteiger partial charge in [0.25, 0.3) is 0 Å². The van der Waals surface area contributed by atoms with Gasteiger partial charge in [-0.1, -0.05) is 20.8 Å². The molecule has 0 amide bonds. The molecule has 0 spiro atoms. The van der Waals surface area contributed by atoms with Crippen molar-refractivity contribution in [3.05, 3.63) is 22.3 Å². The molecule has 0 aromatic carbocycles. The number of aliphatic hydroxyl groups is 1. The first kappa shape index (κ1) is 13.5. The summed E-state index contributed by atoms with van der Waals surface area (Å²) in [5.74, 6) is 0.523. The Bertz CT molecular complexity index is 347. The Labute approximate surface area is 105 Å². The summed E-state index contributed by atoms with van der Waals surface area (Å²) in [7, 11) is 0. The molecule has 16 heavy (non-hydrogen) atoms. The van der Waals surface area contributed by atoms with Crippen molar-refractivity contribution >= 4 is 15.9 Å². The number of aromatic nitrogens is 1. The first-order chi connectivity index (χ1) is 7.42. The Kier molecular flexibility index (Phi) is 4.74. The topological polar surface area (TPSA) is 42.4 Å². The summed E-state index contributed by atoms with van der Waals surface area (Å²) in [6, 6.07) is 1.82. The number of halogens is 1. The lowest BCUT2D eigenvalue weighted by Crippen LogP contribution is -2.12. The molecular weight excluding hydrogens is 270 g/mol. The van der Waals surface area contributed by atoms with Crippen LogP contribution in [0.5, 0.6) is 5.88 Å². The lowest BCUT2D eigenvalue weighted by molar-refractivity contribution is 0.223. The maximum absolute atomic E-state index is 9.16. The van der Waals surface area contributed by atoms with Crippen molar-refractivity contribution in [3.8, 4) is 5.88 Å². The summed E-state index contributed by atoms with van der Waals surface area (Å²) in [4.78, 5) is 4.14. The molecule has 1 aromatic heterocycles. The van der Waals surface area contributed by atoms with Gasteiger partial charge in [0.2, 0.25) is 5.88 Å². The average molecular weight is 288 g/mol. The second-order valence-electron chi connectivity index (χ2n) is 4.94. The Morgan fingerprint density at radius 1 is 1.44 bits per heavy atom. The highest BCUT2D eigenvalue weighted by Gasteiger charge is 2.11. The number of aliphatic hydroxyl groups excluding tert-OH is 1. The Balaban J connectivity index is 2.60. The normalized spacial score (nSPS) is 11.6. The van der Waals surface area contributed by atoms with Gasteiger partial charge in [-0.3, -0.25) is 0 Å². The first-order valence-corrected chi connectivity index (χ1v) is 6.10. The first-order valence-electron chi connectivity index (χ1n) is 5.30. The van der Waals surface area contributed by atoms with Gasteiger partial charge in [0.1, 0.15) is 0 Å². The van der Waals surface area contributed by atoms with Crippen molar-refractivity contribution in [2.24, 2.45) is 5.41 Å². The Morgan fingerprint density at radius 3 is 2.69 bits per heavy atom. The second kappa shape index (κ2) is 5.64. The van der Waals surface area contributed by atoms with Crippen molar-refractivity contribution in [2.75, 3.05) is 6.61 Å². The van der Waals surface area contributed by atoms with E-state index in [9.17, 15) is 0 Å². The molecule has 0 unspecified atom stereocenters. The van der Waals surface area contributed by atoms with Crippen LogP contribution < -0.4 is 4.74 Å². The van der Waals surface area contributed by atoms with E-state index < -0.39 is 0 Å². The largest absolute Gasteiger partial charge is 0.477 e. The van der Waals surface area contributed by atoms with Gasteiger partial charge < -0.3 is 9.84 Å². The van der Waals surface area contributed by atoms with E-state index in [1.165, 1.54) is 0 Å². The van der Waals surface area contributed by atoms with Gasteiger partial charge in [-0.05, 0) is 33.8 Å². The van der Waals surface area contributed by atoms with Gasteiger partial charge in [0.05, 0.1) is 13.2 Å². The van der Waals surface area contributed by atoms with Crippen LogP contribution in [0.15, 0.2) is 16.7 Å². The molecule has 1 heterocycles. The molecule has 3 nitrogen and oxygen atoms in total. The number of pyridine rings is 1. The molecule has 1 rings (SSSR count). The zero-order chi connectivity index (χ0) is 12.2. The lowest BCUT2D eigenvalue weighted by atomic mass is 9.93. The van der Waals surface area contributed by atoms with E-state index in [0.29, 0.717) is 18.1 Å². The van der Waals surface area contributed by atoms with Crippen LogP contribution in [0.1, 0.15) is 32.8 Å². The van der Waals surface area contributed by atoms with Crippen molar-refractivity contribution in [2.45, 2.75) is 33.8 Å². The predicted molar refractivity (Wildman–Crippen MR) is 67.4 cm³/mol. The van der Waals surface area contributed by atoms with Crippen LogP contribution in [0.4, 0.5) is 0 Å². The molecule has 1 aromatic rings. The van der Waals surface area contributed by atoms with Gasteiger partial charge in [-0.15, -0.1) is 0 Å². The van der Waals surface area contributed by atoms with Crippen LogP contribution in [0.2, 0.25) is 0 Å². The highest BCUT2D eigenvalue weighted by atomic mass is 79.9. The summed E-state index contributed by atoms with van der Waals surface area (Å²) in [5.41, 5.74) is 0.956. The van der Waals surface area contributed by atoms with Crippen molar-refractivity contribution < 1.29 is 9.84 Å². The van der Waals surface area contributed by atoms with Crippen LogP contribution in [-0.4, -0.2) is 16.7 Å². The maximum Gasteiger partial charge on any atom is 0.218 e. The molecule has 0 aliphatic heterocycles. The molecule has 0 saturated heterocycles. The van der Waals surface area contributed by atoms with E-state index in [4.69, 9.17) is 9.84 Å². The molecule has 0 fully saturated rings. The summed E-state index contributed by atoms with van der Waals surface area (Å²) >= 11 is 3.31. The van der Waals surface area contributed by atoms with Crippen LogP contribution >= 0.6 is 15.9 Å². The molecule has 4 heteroatoms. The smallest absolute Gasteiger partial charge is 0.218 e. The number of hydrogen-bond donors (Lipinski definition) is 1.